The van der Waals surface area contributed by atoms with E-state index in [1.54, 1.807) is 0 Å². The highest BCUT2D eigenvalue weighted by molar-refractivity contribution is 5.85. The summed E-state index contributed by atoms with van der Waals surface area (Å²) in [5, 5.41) is 0. The van der Waals surface area contributed by atoms with Crippen molar-refractivity contribution in [3.05, 3.63) is 35.9 Å². The number of nitrogens with zero attached hydrogens (tertiary/aromatic N) is 1. The molecule has 1 fully saturated rings. The number of likely N-dealkylation sites (tertiary alicyclic amines) is 1. The van der Waals surface area contributed by atoms with E-state index in [9.17, 15) is 4.79 Å². The smallest absolute Gasteiger partial charge is 0.222 e. The Kier molecular flexibility index (Phi) is 9.13. The molecule has 0 saturated carbocycles. The summed E-state index contributed by atoms with van der Waals surface area (Å²) in [4.78, 5) is 13.9. The number of benzene rings is 1. The van der Waals surface area contributed by atoms with E-state index < -0.39 is 0 Å². The normalized spacial score (nSPS) is 17.3. The minimum Gasteiger partial charge on any atom is -0.381 e. The summed E-state index contributed by atoms with van der Waals surface area (Å²) in [6.45, 7) is 3.77. The van der Waals surface area contributed by atoms with Gasteiger partial charge in [-0.05, 0) is 37.3 Å². The van der Waals surface area contributed by atoms with E-state index in [2.05, 4.69) is 12.1 Å². The highest BCUT2D eigenvalue weighted by Crippen LogP contribution is 2.16. The first-order valence-electron chi connectivity index (χ1n) is 7.89. The lowest BCUT2D eigenvalue weighted by Gasteiger charge is -2.16. The molecule has 2 N–H and O–H groups in total. The van der Waals surface area contributed by atoms with Crippen LogP contribution in [0, 0.1) is 5.92 Å². The maximum absolute atomic E-state index is 12.0. The molecule has 0 spiro atoms. The molecule has 1 heterocycles. The van der Waals surface area contributed by atoms with Crippen LogP contribution in [-0.4, -0.2) is 43.7 Å². The molecule has 1 atom stereocenters. The Bertz CT molecular complexity index is 428. The molecule has 1 amide bonds. The predicted molar refractivity (Wildman–Crippen MR) is 91.2 cm³/mol. The average Bonchev–Trinajstić information content (AvgIpc) is 3.00. The van der Waals surface area contributed by atoms with Gasteiger partial charge < -0.3 is 15.4 Å². The number of carbonyl (C=O) groups excluding carboxylic acids is 1. The Morgan fingerprint density at radius 3 is 2.73 bits per heavy atom. The fraction of sp³-hybridized carbons (Fsp3) is 0.588. The van der Waals surface area contributed by atoms with Gasteiger partial charge in [-0.2, -0.15) is 0 Å². The Morgan fingerprint density at radius 2 is 2.05 bits per heavy atom. The molecular weight excluding hydrogens is 300 g/mol. The Balaban J connectivity index is 0.00000242. The summed E-state index contributed by atoms with van der Waals surface area (Å²) in [5.74, 6) is 0.744. The summed E-state index contributed by atoms with van der Waals surface area (Å²) >= 11 is 0. The lowest BCUT2D eigenvalue weighted by atomic mass is 10.1. The van der Waals surface area contributed by atoms with Gasteiger partial charge in [0.05, 0.1) is 6.61 Å². The lowest BCUT2D eigenvalue weighted by Crippen LogP contribution is -2.29. The van der Waals surface area contributed by atoms with E-state index in [1.165, 1.54) is 5.56 Å². The number of hydrogen-bond donors (Lipinski definition) is 1. The molecule has 1 unspecified atom stereocenters. The first-order chi connectivity index (χ1) is 10.3. The van der Waals surface area contributed by atoms with Crippen LogP contribution in [0.5, 0.6) is 0 Å². The van der Waals surface area contributed by atoms with E-state index in [0.29, 0.717) is 25.5 Å². The molecule has 1 aromatic carbocycles. The third-order valence-corrected chi connectivity index (χ3v) is 4.03. The van der Waals surface area contributed by atoms with Crippen molar-refractivity contribution in [2.45, 2.75) is 25.7 Å². The lowest BCUT2D eigenvalue weighted by molar-refractivity contribution is -0.130. The number of rotatable bonds is 8. The Morgan fingerprint density at radius 1 is 1.27 bits per heavy atom. The van der Waals surface area contributed by atoms with E-state index in [0.717, 1.165) is 39.0 Å². The standard InChI is InChI=1S/C17H26N2O2.ClH/c18-13-16-8-10-19(14-16)17(20)7-4-11-21-12-9-15-5-2-1-3-6-15;/h1-3,5-6,16H,4,7-14,18H2;1H. The summed E-state index contributed by atoms with van der Waals surface area (Å²) in [6, 6.07) is 10.3. The molecule has 4 nitrogen and oxygen atoms in total. The van der Waals surface area contributed by atoms with Gasteiger partial charge >= 0.3 is 0 Å². The van der Waals surface area contributed by atoms with Gasteiger partial charge in [0.15, 0.2) is 0 Å². The molecule has 22 heavy (non-hydrogen) atoms. The summed E-state index contributed by atoms with van der Waals surface area (Å²) in [7, 11) is 0. The van der Waals surface area contributed by atoms with Crippen molar-refractivity contribution >= 4 is 18.3 Å². The van der Waals surface area contributed by atoms with Crippen LogP contribution >= 0.6 is 12.4 Å². The predicted octanol–water partition coefficient (Wildman–Crippen LogP) is 2.25. The molecule has 1 aliphatic rings. The number of hydrogen-bond acceptors (Lipinski definition) is 3. The van der Waals surface area contributed by atoms with E-state index in [4.69, 9.17) is 10.5 Å². The maximum Gasteiger partial charge on any atom is 0.222 e. The van der Waals surface area contributed by atoms with Crippen molar-refractivity contribution in [2.75, 3.05) is 32.8 Å². The fourth-order valence-corrected chi connectivity index (χ4v) is 2.67. The summed E-state index contributed by atoms with van der Waals surface area (Å²) in [6.07, 6.45) is 3.37. The topological polar surface area (TPSA) is 55.6 Å². The first-order valence-corrected chi connectivity index (χ1v) is 7.89. The monoisotopic (exact) mass is 326 g/mol. The van der Waals surface area contributed by atoms with Gasteiger partial charge in [-0.3, -0.25) is 4.79 Å². The molecule has 0 aliphatic carbocycles. The zero-order valence-corrected chi connectivity index (χ0v) is 13.9. The van der Waals surface area contributed by atoms with Gasteiger partial charge in [0.1, 0.15) is 0 Å². The molecule has 0 aromatic heterocycles. The molecule has 1 saturated heterocycles. The molecule has 5 heteroatoms. The second-order valence-electron chi connectivity index (χ2n) is 5.68. The van der Waals surface area contributed by atoms with Crippen molar-refractivity contribution in [1.29, 1.82) is 0 Å². The van der Waals surface area contributed by atoms with Crippen molar-refractivity contribution in [1.82, 2.24) is 4.90 Å². The van der Waals surface area contributed by atoms with Gasteiger partial charge in [0.25, 0.3) is 0 Å². The largest absolute Gasteiger partial charge is 0.381 e. The van der Waals surface area contributed by atoms with Crippen LogP contribution in [0.15, 0.2) is 30.3 Å². The molecular formula is C17H27ClN2O2. The number of nitrogens with two attached hydrogens (primary N) is 1. The average molecular weight is 327 g/mol. The van der Waals surface area contributed by atoms with Crippen LogP contribution in [0.3, 0.4) is 0 Å². The first kappa shape index (κ1) is 18.9. The second-order valence-corrected chi connectivity index (χ2v) is 5.68. The zero-order chi connectivity index (χ0) is 14.9. The van der Waals surface area contributed by atoms with Crippen LogP contribution in [0.1, 0.15) is 24.8 Å². The molecule has 2 rings (SSSR count). The fourth-order valence-electron chi connectivity index (χ4n) is 2.67. The van der Waals surface area contributed by atoms with Crippen molar-refractivity contribution in [3.8, 4) is 0 Å². The van der Waals surface area contributed by atoms with Crippen LogP contribution in [0.25, 0.3) is 0 Å². The minimum atomic E-state index is 0. The van der Waals surface area contributed by atoms with Crippen LogP contribution in [0.2, 0.25) is 0 Å². The molecule has 124 valence electrons. The van der Waals surface area contributed by atoms with Crippen molar-refractivity contribution in [2.24, 2.45) is 11.7 Å². The Hall–Kier alpha value is -1.10. The molecule has 0 bridgehead atoms. The third-order valence-electron chi connectivity index (χ3n) is 4.03. The number of amides is 1. The molecule has 1 aliphatic heterocycles. The van der Waals surface area contributed by atoms with Gasteiger partial charge in [-0.25, -0.2) is 0 Å². The van der Waals surface area contributed by atoms with E-state index in [1.807, 2.05) is 23.1 Å². The van der Waals surface area contributed by atoms with Gasteiger partial charge in [-0.15, -0.1) is 12.4 Å². The minimum absolute atomic E-state index is 0. The van der Waals surface area contributed by atoms with Gasteiger partial charge in [0.2, 0.25) is 5.91 Å². The highest BCUT2D eigenvalue weighted by Gasteiger charge is 2.24. The quantitative estimate of drug-likeness (QED) is 0.745. The van der Waals surface area contributed by atoms with Gasteiger partial charge in [-0.1, -0.05) is 30.3 Å². The second kappa shape index (κ2) is 10.6. The third kappa shape index (κ3) is 6.34. The SMILES string of the molecule is Cl.NCC1CCN(C(=O)CCCOCCc2ccccc2)C1. The van der Waals surface area contributed by atoms with Crippen LogP contribution in [0.4, 0.5) is 0 Å². The highest BCUT2D eigenvalue weighted by atomic mass is 35.5. The molecule has 0 radical (unpaired) electrons. The molecule has 1 aromatic rings. The van der Waals surface area contributed by atoms with E-state index in [-0.39, 0.29) is 18.3 Å². The number of ether oxygens (including phenoxy) is 1. The zero-order valence-electron chi connectivity index (χ0n) is 13.1. The van der Waals surface area contributed by atoms with E-state index >= 15 is 0 Å². The van der Waals surface area contributed by atoms with Crippen molar-refractivity contribution < 1.29 is 9.53 Å². The summed E-state index contributed by atoms with van der Waals surface area (Å²) < 4.78 is 5.60. The summed E-state index contributed by atoms with van der Waals surface area (Å²) in [5.41, 5.74) is 6.93. The number of carbonyl (C=O) groups is 1. The van der Waals surface area contributed by atoms with Crippen LogP contribution < -0.4 is 5.73 Å². The Labute approximate surface area is 139 Å². The van der Waals surface area contributed by atoms with Crippen LogP contribution in [-0.2, 0) is 16.0 Å². The van der Waals surface area contributed by atoms with Gasteiger partial charge in [0, 0.05) is 26.1 Å². The number of halogens is 1. The van der Waals surface area contributed by atoms with Crippen molar-refractivity contribution in [3.63, 3.8) is 0 Å². The maximum atomic E-state index is 12.0.